The highest BCUT2D eigenvalue weighted by Gasteiger charge is 2.13. The highest BCUT2D eigenvalue weighted by molar-refractivity contribution is 5.83. The van der Waals surface area contributed by atoms with E-state index in [1.54, 1.807) is 0 Å². The van der Waals surface area contributed by atoms with Gasteiger partial charge in [0.15, 0.2) is 0 Å². The largest absolute Gasteiger partial charge is 0.494 e. The third kappa shape index (κ3) is 5.73. The molecule has 0 bridgehead atoms. The number of benzene rings is 1. The van der Waals surface area contributed by atoms with Crippen molar-refractivity contribution in [1.82, 2.24) is 5.32 Å². The van der Waals surface area contributed by atoms with Crippen LogP contribution in [-0.4, -0.2) is 29.6 Å². The number of amides is 1. The van der Waals surface area contributed by atoms with E-state index in [2.05, 4.69) is 5.32 Å². The van der Waals surface area contributed by atoms with Crippen LogP contribution in [0.1, 0.15) is 32.3 Å². The van der Waals surface area contributed by atoms with Crippen LogP contribution in [0, 0.1) is 0 Å². The number of ether oxygens (including phenoxy) is 1. The summed E-state index contributed by atoms with van der Waals surface area (Å²) in [4.78, 5) is 22.2. The van der Waals surface area contributed by atoms with Crippen molar-refractivity contribution in [3.8, 4) is 5.75 Å². The van der Waals surface area contributed by atoms with Gasteiger partial charge in [-0.1, -0.05) is 19.1 Å². The number of hydrogen-bond donors (Lipinski definition) is 2. The van der Waals surface area contributed by atoms with Gasteiger partial charge in [0.2, 0.25) is 5.91 Å². The normalized spacial score (nSPS) is 11.7. The summed E-state index contributed by atoms with van der Waals surface area (Å²) in [6, 6.07) is 6.74. The molecule has 0 fully saturated rings. The molecule has 5 nitrogen and oxygen atoms in total. The quantitative estimate of drug-likeness (QED) is 0.763. The fraction of sp³-hybridized carbons (Fsp3) is 0.467. The predicted molar refractivity (Wildman–Crippen MR) is 75.8 cm³/mol. The second-order valence-electron chi connectivity index (χ2n) is 4.62. The first-order chi connectivity index (χ1) is 9.52. The van der Waals surface area contributed by atoms with E-state index in [0.717, 1.165) is 17.7 Å². The second kappa shape index (κ2) is 8.19. The maximum Gasteiger partial charge on any atom is 0.325 e. The second-order valence-corrected chi connectivity index (χ2v) is 4.62. The van der Waals surface area contributed by atoms with Gasteiger partial charge >= 0.3 is 5.97 Å². The van der Waals surface area contributed by atoms with Crippen LogP contribution < -0.4 is 10.1 Å². The fourth-order valence-corrected chi connectivity index (χ4v) is 1.64. The van der Waals surface area contributed by atoms with Gasteiger partial charge in [-0.25, -0.2) is 0 Å². The monoisotopic (exact) mass is 279 g/mol. The summed E-state index contributed by atoms with van der Waals surface area (Å²) >= 11 is 0. The highest BCUT2D eigenvalue weighted by atomic mass is 16.5. The number of carboxylic acid groups (broad SMARTS) is 1. The molecule has 1 atom stereocenters. The van der Waals surface area contributed by atoms with Crippen LogP contribution in [0.4, 0.5) is 0 Å². The lowest BCUT2D eigenvalue weighted by Gasteiger charge is -2.10. The molecule has 110 valence electrons. The number of nitrogens with one attached hydrogen (secondary N) is 1. The molecule has 0 aromatic heterocycles. The lowest BCUT2D eigenvalue weighted by molar-refractivity contribution is -0.141. The van der Waals surface area contributed by atoms with Gasteiger partial charge in [0.05, 0.1) is 6.61 Å². The molecule has 1 rings (SSSR count). The zero-order valence-electron chi connectivity index (χ0n) is 11.9. The molecule has 1 aromatic rings. The Morgan fingerprint density at radius 1 is 1.40 bits per heavy atom. The standard InChI is InChI=1S/C15H21NO4/c1-3-9-20-13-6-4-5-12(10-13)7-8-14(17)16-11(2)15(18)19/h4-6,10-11H,3,7-9H2,1-2H3,(H,16,17)(H,18,19). The molecule has 1 amide bonds. The first-order valence-corrected chi connectivity index (χ1v) is 6.76. The maximum absolute atomic E-state index is 11.6. The Hall–Kier alpha value is -2.04. The van der Waals surface area contributed by atoms with Crippen molar-refractivity contribution >= 4 is 11.9 Å². The van der Waals surface area contributed by atoms with Crippen LogP contribution in [0.5, 0.6) is 5.75 Å². The molecule has 0 saturated carbocycles. The molecule has 0 aliphatic carbocycles. The Bertz CT molecular complexity index is 459. The molecule has 0 aliphatic heterocycles. The number of carbonyl (C=O) groups excluding carboxylic acids is 1. The predicted octanol–water partition coefficient (Wildman–Crippen LogP) is 2.00. The first-order valence-electron chi connectivity index (χ1n) is 6.76. The molecule has 1 unspecified atom stereocenters. The highest BCUT2D eigenvalue weighted by Crippen LogP contribution is 2.14. The molecule has 1 aromatic carbocycles. The summed E-state index contributed by atoms with van der Waals surface area (Å²) in [6.45, 7) is 4.15. The molecular weight excluding hydrogens is 258 g/mol. The SMILES string of the molecule is CCCOc1cccc(CCC(=O)NC(C)C(=O)O)c1. The Labute approximate surface area is 118 Å². The van der Waals surface area contributed by atoms with Gasteiger partial charge < -0.3 is 15.2 Å². The maximum atomic E-state index is 11.6. The molecule has 0 radical (unpaired) electrons. The summed E-state index contributed by atoms with van der Waals surface area (Å²) in [5.41, 5.74) is 0.997. The minimum atomic E-state index is -1.03. The number of hydrogen-bond acceptors (Lipinski definition) is 3. The fourth-order valence-electron chi connectivity index (χ4n) is 1.64. The number of aliphatic carboxylic acids is 1. The number of aryl methyl sites for hydroxylation is 1. The van der Waals surface area contributed by atoms with Gasteiger partial charge in [-0.15, -0.1) is 0 Å². The van der Waals surface area contributed by atoms with Crippen molar-refractivity contribution in [2.75, 3.05) is 6.61 Å². The van der Waals surface area contributed by atoms with Gasteiger partial charge in [-0.05, 0) is 37.5 Å². The first kappa shape index (κ1) is 16.0. The van der Waals surface area contributed by atoms with E-state index in [9.17, 15) is 9.59 Å². The lowest BCUT2D eigenvalue weighted by Crippen LogP contribution is -2.38. The van der Waals surface area contributed by atoms with Crippen molar-refractivity contribution in [3.63, 3.8) is 0 Å². The molecule has 0 aliphatic rings. The third-order valence-corrected chi connectivity index (χ3v) is 2.76. The van der Waals surface area contributed by atoms with E-state index < -0.39 is 12.0 Å². The van der Waals surface area contributed by atoms with Gasteiger partial charge in [0.25, 0.3) is 0 Å². The Kier molecular flexibility index (Phi) is 6.56. The van der Waals surface area contributed by atoms with E-state index >= 15 is 0 Å². The summed E-state index contributed by atoms with van der Waals surface area (Å²) < 4.78 is 5.52. The zero-order chi connectivity index (χ0) is 15.0. The van der Waals surface area contributed by atoms with Crippen LogP contribution in [0.15, 0.2) is 24.3 Å². The number of rotatable bonds is 8. The molecule has 20 heavy (non-hydrogen) atoms. The smallest absolute Gasteiger partial charge is 0.325 e. The lowest BCUT2D eigenvalue weighted by atomic mass is 10.1. The van der Waals surface area contributed by atoms with Crippen LogP contribution in [0.2, 0.25) is 0 Å². The Morgan fingerprint density at radius 3 is 2.80 bits per heavy atom. The molecule has 5 heteroatoms. The summed E-state index contributed by atoms with van der Waals surface area (Å²) in [6.07, 6.45) is 1.76. The third-order valence-electron chi connectivity index (χ3n) is 2.76. The van der Waals surface area contributed by atoms with Gasteiger partial charge in [0, 0.05) is 6.42 Å². The average Bonchev–Trinajstić information content (AvgIpc) is 2.43. The van der Waals surface area contributed by atoms with Crippen molar-refractivity contribution < 1.29 is 19.4 Å². The zero-order valence-corrected chi connectivity index (χ0v) is 11.9. The van der Waals surface area contributed by atoms with Crippen LogP contribution >= 0.6 is 0 Å². The molecular formula is C15H21NO4. The Morgan fingerprint density at radius 2 is 2.15 bits per heavy atom. The van der Waals surface area contributed by atoms with Crippen LogP contribution in [-0.2, 0) is 16.0 Å². The van der Waals surface area contributed by atoms with E-state index in [-0.39, 0.29) is 12.3 Å². The van der Waals surface area contributed by atoms with E-state index in [1.807, 2.05) is 31.2 Å². The molecule has 0 heterocycles. The minimum absolute atomic E-state index is 0.259. The van der Waals surface area contributed by atoms with Gasteiger partial charge in [0.1, 0.15) is 11.8 Å². The van der Waals surface area contributed by atoms with Crippen molar-refractivity contribution in [1.29, 1.82) is 0 Å². The number of carboxylic acids is 1. The molecule has 0 saturated heterocycles. The van der Waals surface area contributed by atoms with Crippen molar-refractivity contribution in [3.05, 3.63) is 29.8 Å². The summed E-state index contributed by atoms with van der Waals surface area (Å²) in [5, 5.41) is 11.1. The molecule has 2 N–H and O–H groups in total. The minimum Gasteiger partial charge on any atom is -0.494 e. The van der Waals surface area contributed by atoms with Crippen LogP contribution in [0.3, 0.4) is 0 Å². The van der Waals surface area contributed by atoms with Crippen molar-refractivity contribution in [2.24, 2.45) is 0 Å². The Balaban J connectivity index is 2.44. The number of carbonyl (C=O) groups is 2. The van der Waals surface area contributed by atoms with E-state index in [1.165, 1.54) is 6.92 Å². The van der Waals surface area contributed by atoms with E-state index in [0.29, 0.717) is 13.0 Å². The topological polar surface area (TPSA) is 75.6 Å². The van der Waals surface area contributed by atoms with Gasteiger partial charge in [-0.2, -0.15) is 0 Å². The van der Waals surface area contributed by atoms with Gasteiger partial charge in [-0.3, -0.25) is 9.59 Å². The molecule has 0 spiro atoms. The van der Waals surface area contributed by atoms with E-state index in [4.69, 9.17) is 9.84 Å². The van der Waals surface area contributed by atoms with Crippen molar-refractivity contribution in [2.45, 2.75) is 39.2 Å². The summed E-state index contributed by atoms with van der Waals surface area (Å²) in [7, 11) is 0. The summed E-state index contributed by atoms with van der Waals surface area (Å²) in [5.74, 6) is -0.503. The average molecular weight is 279 g/mol. The van der Waals surface area contributed by atoms with Crippen LogP contribution in [0.25, 0.3) is 0 Å².